The van der Waals surface area contributed by atoms with Gasteiger partial charge in [-0.2, -0.15) is 0 Å². The molecule has 192 valence electrons. The maximum Gasteiger partial charge on any atom is 0.305 e. The van der Waals surface area contributed by atoms with E-state index in [2.05, 4.69) is 11.7 Å². The van der Waals surface area contributed by atoms with Crippen LogP contribution in [0.5, 0.6) is 0 Å². The minimum Gasteiger partial charge on any atom is -0.469 e. The van der Waals surface area contributed by atoms with Gasteiger partial charge in [0, 0.05) is 32.8 Å². The molecule has 0 spiro atoms. The maximum atomic E-state index is 11.1. The number of hydrogen-bond acceptors (Lipinski definition) is 7. The Balaban J connectivity index is 4.36. The van der Waals surface area contributed by atoms with Gasteiger partial charge in [0.25, 0.3) is 0 Å². The molecule has 7 heteroatoms. The molecule has 3 N–H and O–H groups in total. The van der Waals surface area contributed by atoms with Gasteiger partial charge in [-0.25, -0.2) is 0 Å². The van der Waals surface area contributed by atoms with Crippen molar-refractivity contribution in [1.29, 1.82) is 0 Å². The molecule has 0 saturated carbocycles. The molecule has 0 aliphatic heterocycles. The first-order valence-electron chi connectivity index (χ1n) is 12.8. The molecule has 7 nitrogen and oxygen atoms in total. The van der Waals surface area contributed by atoms with Gasteiger partial charge in [-0.3, -0.25) is 4.79 Å². The Morgan fingerprint density at radius 1 is 0.750 bits per heavy atom. The second-order valence-corrected chi connectivity index (χ2v) is 8.58. The number of aliphatic hydroxyl groups is 3. The van der Waals surface area contributed by atoms with Crippen LogP contribution in [0.1, 0.15) is 103 Å². The Morgan fingerprint density at radius 2 is 1.38 bits per heavy atom. The predicted molar refractivity (Wildman–Crippen MR) is 127 cm³/mol. The summed E-state index contributed by atoms with van der Waals surface area (Å²) in [5.41, 5.74) is 0. The number of rotatable bonds is 24. The van der Waals surface area contributed by atoms with E-state index in [4.69, 9.17) is 19.7 Å². The molecule has 0 heterocycles. The lowest BCUT2D eigenvalue weighted by molar-refractivity contribution is -0.140. The summed E-state index contributed by atoms with van der Waals surface area (Å²) >= 11 is 0. The van der Waals surface area contributed by atoms with Crippen LogP contribution in [0.2, 0.25) is 0 Å². The number of unbranched alkanes of at least 4 members (excludes halogenated alkanes) is 6. The van der Waals surface area contributed by atoms with Crippen LogP contribution >= 0.6 is 0 Å². The fraction of sp³-hybridized carbons (Fsp3) is 0.960. The topological polar surface area (TPSA) is 105 Å². The molecule has 0 rings (SSSR count). The quantitative estimate of drug-likeness (QED) is 0.146. The first-order valence-corrected chi connectivity index (χ1v) is 12.8. The number of aliphatic hydroxyl groups excluding tert-OH is 3. The van der Waals surface area contributed by atoms with Gasteiger partial charge in [-0.05, 0) is 44.9 Å². The van der Waals surface area contributed by atoms with E-state index in [1.165, 1.54) is 7.11 Å². The third kappa shape index (κ3) is 18.8. The van der Waals surface area contributed by atoms with E-state index in [1.807, 2.05) is 0 Å². The summed E-state index contributed by atoms with van der Waals surface area (Å²) in [5, 5.41) is 28.8. The summed E-state index contributed by atoms with van der Waals surface area (Å²) in [6, 6.07) is 0. The molecular formula is C25H50O7. The molecule has 0 amide bonds. The number of esters is 1. The molecular weight excluding hydrogens is 412 g/mol. The van der Waals surface area contributed by atoms with Gasteiger partial charge in [0.1, 0.15) is 0 Å². The fourth-order valence-electron chi connectivity index (χ4n) is 3.72. The van der Waals surface area contributed by atoms with Crippen LogP contribution in [0.15, 0.2) is 0 Å². The van der Waals surface area contributed by atoms with E-state index in [1.54, 1.807) is 0 Å². The predicted octanol–water partition coefficient (Wildman–Crippen LogP) is 4.15. The van der Waals surface area contributed by atoms with Crippen LogP contribution in [0, 0.1) is 0 Å². The van der Waals surface area contributed by atoms with Crippen LogP contribution in [0.25, 0.3) is 0 Å². The van der Waals surface area contributed by atoms with Crippen LogP contribution in [-0.2, 0) is 19.0 Å². The largest absolute Gasteiger partial charge is 0.469 e. The first kappa shape index (κ1) is 31.3. The van der Waals surface area contributed by atoms with Crippen molar-refractivity contribution in [2.75, 3.05) is 33.5 Å². The van der Waals surface area contributed by atoms with E-state index in [9.17, 15) is 9.90 Å². The van der Waals surface area contributed by atoms with E-state index < -0.39 is 6.10 Å². The Labute approximate surface area is 195 Å². The van der Waals surface area contributed by atoms with E-state index in [-0.39, 0.29) is 31.4 Å². The second kappa shape index (κ2) is 23.4. The summed E-state index contributed by atoms with van der Waals surface area (Å²) in [6.07, 6.45) is 12.6. The van der Waals surface area contributed by atoms with Crippen molar-refractivity contribution in [2.45, 2.75) is 122 Å². The number of hydrogen-bond donors (Lipinski definition) is 3. The van der Waals surface area contributed by atoms with Crippen molar-refractivity contribution < 1.29 is 34.3 Å². The molecule has 3 atom stereocenters. The van der Waals surface area contributed by atoms with Crippen LogP contribution in [0.4, 0.5) is 0 Å². The summed E-state index contributed by atoms with van der Waals surface area (Å²) in [4.78, 5) is 11.1. The molecule has 0 saturated heterocycles. The van der Waals surface area contributed by atoms with Gasteiger partial charge in [0.05, 0.1) is 25.4 Å². The van der Waals surface area contributed by atoms with Crippen molar-refractivity contribution in [3.63, 3.8) is 0 Å². The molecule has 0 aromatic heterocycles. The van der Waals surface area contributed by atoms with Crippen molar-refractivity contribution in [3.05, 3.63) is 0 Å². The second-order valence-electron chi connectivity index (χ2n) is 8.58. The third-order valence-electron chi connectivity index (χ3n) is 5.73. The number of carbonyl (C=O) groups excluding carboxylic acids is 1. The molecule has 0 bridgehead atoms. The Bertz CT molecular complexity index is 396. The van der Waals surface area contributed by atoms with Crippen molar-refractivity contribution in [2.24, 2.45) is 0 Å². The average molecular weight is 463 g/mol. The number of carbonyl (C=O) groups is 1. The monoisotopic (exact) mass is 462 g/mol. The fourth-order valence-corrected chi connectivity index (χ4v) is 3.72. The maximum absolute atomic E-state index is 11.1. The summed E-state index contributed by atoms with van der Waals surface area (Å²) < 4.78 is 16.5. The standard InChI is InChI=1S/C25H50O7/c1-3-4-8-14-24(32-21-12-19-27)23(28)17-16-22(31-20-11-18-26)13-9-6-5-7-10-15-25(29)30-2/h22-24,26-28H,3-21H2,1-2H3. The Kier molecular flexibility index (Phi) is 22.9. The molecule has 0 aliphatic rings. The van der Waals surface area contributed by atoms with Crippen LogP contribution < -0.4 is 0 Å². The zero-order valence-corrected chi connectivity index (χ0v) is 20.6. The molecule has 0 radical (unpaired) electrons. The van der Waals surface area contributed by atoms with Gasteiger partial charge in [0.2, 0.25) is 0 Å². The molecule has 3 unspecified atom stereocenters. The Hall–Kier alpha value is -0.730. The van der Waals surface area contributed by atoms with Crippen molar-refractivity contribution in [3.8, 4) is 0 Å². The first-order chi connectivity index (χ1) is 15.6. The van der Waals surface area contributed by atoms with Crippen molar-refractivity contribution in [1.82, 2.24) is 0 Å². The third-order valence-corrected chi connectivity index (χ3v) is 5.73. The average Bonchev–Trinajstić information content (AvgIpc) is 2.80. The molecule has 0 fully saturated rings. The molecule has 0 aliphatic carbocycles. The lowest BCUT2D eigenvalue weighted by Gasteiger charge is -2.25. The van der Waals surface area contributed by atoms with Gasteiger partial charge in [-0.15, -0.1) is 0 Å². The van der Waals surface area contributed by atoms with E-state index in [0.29, 0.717) is 38.9 Å². The molecule has 0 aromatic carbocycles. The van der Waals surface area contributed by atoms with Crippen LogP contribution in [-0.4, -0.2) is 73.1 Å². The lowest BCUT2D eigenvalue weighted by Crippen LogP contribution is -2.31. The number of methoxy groups -OCH3 is 1. The highest BCUT2D eigenvalue weighted by Crippen LogP contribution is 2.20. The highest BCUT2D eigenvalue weighted by Gasteiger charge is 2.21. The number of ether oxygens (including phenoxy) is 3. The van der Waals surface area contributed by atoms with Gasteiger partial charge in [0.15, 0.2) is 0 Å². The minimum atomic E-state index is -0.534. The van der Waals surface area contributed by atoms with E-state index in [0.717, 1.165) is 70.6 Å². The SMILES string of the molecule is CCCCCC(OCCCO)C(O)CCC(CCCCCCCC(=O)OC)OCCCO. The smallest absolute Gasteiger partial charge is 0.305 e. The highest BCUT2D eigenvalue weighted by atomic mass is 16.5. The highest BCUT2D eigenvalue weighted by molar-refractivity contribution is 5.68. The van der Waals surface area contributed by atoms with Crippen LogP contribution in [0.3, 0.4) is 0 Å². The van der Waals surface area contributed by atoms with Gasteiger partial charge < -0.3 is 29.5 Å². The van der Waals surface area contributed by atoms with E-state index >= 15 is 0 Å². The van der Waals surface area contributed by atoms with Gasteiger partial charge >= 0.3 is 5.97 Å². The zero-order valence-electron chi connectivity index (χ0n) is 20.6. The summed E-state index contributed by atoms with van der Waals surface area (Å²) in [7, 11) is 1.42. The normalized spacial score (nSPS) is 14.3. The molecule has 32 heavy (non-hydrogen) atoms. The summed E-state index contributed by atoms with van der Waals surface area (Å²) in [6.45, 7) is 3.38. The summed E-state index contributed by atoms with van der Waals surface area (Å²) in [5.74, 6) is -0.144. The minimum absolute atomic E-state index is 0.0694. The van der Waals surface area contributed by atoms with Crippen molar-refractivity contribution >= 4 is 5.97 Å². The zero-order chi connectivity index (χ0) is 23.9. The van der Waals surface area contributed by atoms with Gasteiger partial charge in [-0.1, -0.05) is 51.9 Å². The Morgan fingerprint density at radius 3 is 2.03 bits per heavy atom. The molecule has 0 aromatic rings. The lowest BCUT2D eigenvalue weighted by atomic mass is 9.98.